The topological polar surface area (TPSA) is 95.9 Å². The number of hydrogen-bond donors (Lipinski definition) is 3. The minimum Gasteiger partial charge on any atom is -0.483 e. The lowest BCUT2D eigenvalue weighted by atomic mass is 9.98. The number of ether oxygens (including phenoxy) is 1. The molecule has 0 spiro atoms. The average Bonchev–Trinajstić information content (AvgIpc) is 2.50. The van der Waals surface area contributed by atoms with Crippen LogP contribution in [-0.4, -0.2) is 40.8 Å². The van der Waals surface area contributed by atoms with Gasteiger partial charge in [0.25, 0.3) is 5.91 Å². The molecule has 0 heterocycles. The summed E-state index contributed by atoms with van der Waals surface area (Å²) in [6, 6.07) is 7.49. The van der Waals surface area contributed by atoms with Gasteiger partial charge in [-0.05, 0) is 30.9 Å². The van der Waals surface area contributed by atoms with E-state index in [-0.39, 0.29) is 13.2 Å². The van der Waals surface area contributed by atoms with Crippen LogP contribution >= 0.6 is 0 Å². The van der Waals surface area contributed by atoms with Crippen molar-refractivity contribution in [3.8, 4) is 5.75 Å². The third-order valence-electron chi connectivity index (χ3n) is 3.51. The second-order valence-electron chi connectivity index (χ2n) is 5.49. The van der Waals surface area contributed by atoms with Gasteiger partial charge in [-0.15, -0.1) is 0 Å². The van der Waals surface area contributed by atoms with Crippen LogP contribution in [-0.2, 0) is 9.59 Å². The van der Waals surface area contributed by atoms with Crippen LogP contribution in [0.25, 0.3) is 0 Å². The maximum Gasteiger partial charge on any atom is 0.337 e. The maximum atomic E-state index is 11.7. The zero-order valence-corrected chi connectivity index (χ0v) is 13.1. The van der Waals surface area contributed by atoms with Crippen LogP contribution < -0.4 is 10.1 Å². The fourth-order valence-electron chi connectivity index (χ4n) is 1.78. The fraction of sp³-hybridized carbons (Fsp3) is 0.500. The predicted octanol–water partition coefficient (Wildman–Crippen LogP) is 1.53. The van der Waals surface area contributed by atoms with E-state index in [0.29, 0.717) is 11.7 Å². The molecular formula is C16H23NO5. The summed E-state index contributed by atoms with van der Waals surface area (Å²) in [5.74, 6) is -0.930. The number of para-hydroxylation sites is 1. The first-order valence-corrected chi connectivity index (χ1v) is 7.22. The van der Waals surface area contributed by atoms with Gasteiger partial charge >= 0.3 is 5.97 Å². The SMILES string of the molecule is CCC(C)c1ccccc1OCC(=O)NCC(C)(O)C(=O)O. The van der Waals surface area contributed by atoms with E-state index in [1.807, 2.05) is 18.2 Å². The molecule has 0 bridgehead atoms. The van der Waals surface area contributed by atoms with Gasteiger partial charge in [-0.25, -0.2) is 4.79 Å². The largest absolute Gasteiger partial charge is 0.483 e. The molecule has 0 aliphatic rings. The average molecular weight is 309 g/mol. The number of rotatable bonds is 8. The molecule has 3 N–H and O–H groups in total. The van der Waals surface area contributed by atoms with Gasteiger partial charge in [-0.2, -0.15) is 0 Å². The van der Waals surface area contributed by atoms with Gasteiger partial charge < -0.3 is 20.3 Å². The molecule has 0 aliphatic heterocycles. The van der Waals surface area contributed by atoms with Crippen LogP contribution in [0.1, 0.15) is 38.7 Å². The lowest BCUT2D eigenvalue weighted by Crippen LogP contribution is -2.47. The molecule has 6 nitrogen and oxygen atoms in total. The minimum absolute atomic E-state index is 0.233. The number of carbonyl (C=O) groups is 2. The van der Waals surface area contributed by atoms with E-state index in [9.17, 15) is 14.7 Å². The molecule has 2 unspecified atom stereocenters. The van der Waals surface area contributed by atoms with E-state index >= 15 is 0 Å². The van der Waals surface area contributed by atoms with Crippen LogP contribution in [0, 0.1) is 0 Å². The fourth-order valence-corrected chi connectivity index (χ4v) is 1.78. The van der Waals surface area contributed by atoms with Crippen molar-refractivity contribution >= 4 is 11.9 Å². The highest BCUT2D eigenvalue weighted by atomic mass is 16.5. The molecule has 22 heavy (non-hydrogen) atoms. The van der Waals surface area contributed by atoms with Crippen molar-refractivity contribution in [3.05, 3.63) is 29.8 Å². The molecule has 1 rings (SSSR count). The summed E-state index contributed by atoms with van der Waals surface area (Å²) in [6.07, 6.45) is 0.952. The number of benzene rings is 1. The standard InChI is InChI=1S/C16H23NO5/c1-4-11(2)12-7-5-6-8-13(12)22-9-14(18)17-10-16(3,21)15(19)20/h5-8,11,21H,4,9-10H2,1-3H3,(H,17,18)(H,19,20). The Kier molecular flexibility index (Phi) is 6.37. The maximum absolute atomic E-state index is 11.7. The highest BCUT2D eigenvalue weighted by molar-refractivity contribution is 5.80. The summed E-state index contributed by atoms with van der Waals surface area (Å²) in [5, 5.41) is 20.6. The van der Waals surface area contributed by atoms with Gasteiger partial charge in [-0.1, -0.05) is 32.0 Å². The number of nitrogens with one attached hydrogen (secondary N) is 1. The molecule has 0 fully saturated rings. The normalized spacial score (nSPS) is 14.7. The highest BCUT2D eigenvalue weighted by Gasteiger charge is 2.30. The second kappa shape index (κ2) is 7.79. The minimum atomic E-state index is -2.00. The Balaban J connectivity index is 2.57. The first kappa shape index (κ1) is 18.0. The number of amides is 1. The van der Waals surface area contributed by atoms with E-state index < -0.39 is 17.5 Å². The number of hydrogen-bond acceptors (Lipinski definition) is 4. The summed E-state index contributed by atoms with van der Waals surface area (Å²) in [7, 11) is 0. The van der Waals surface area contributed by atoms with Gasteiger partial charge in [0.05, 0.1) is 6.54 Å². The lowest BCUT2D eigenvalue weighted by molar-refractivity contribution is -0.156. The quantitative estimate of drug-likeness (QED) is 0.677. The Morgan fingerprint density at radius 1 is 1.36 bits per heavy atom. The van der Waals surface area contributed by atoms with Crippen molar-refractivity contribution in [2.75, 3.05) is 13.2 Å². The van der Waals surface area contributed by atoms with Crippen LogP contribution in [0.4, 0.5) is 0 Å². The van der Waals surface area contributed by atoms with Crippen LogP contribution in [0.5, 0.6) is 5.75 Å². The van der Waals surface area contributed by atoms with Gasteiger partial charge in [0.2, 0.25) is 0 Å². The van der Waals surface area contributed by atoms with Gasteiger partial charge in [-0.3, -0.25) is 4.79 Å². The third-order valence-corrected chi connectivity index (χ3v) is 3.51. The monoisotopic (exact) mass is 309 g/mol. The molecule has 1 amide bonds. The van der Waals surface area contributed by atoms with Crippen LogP contribution in [0.15, 0.2) is 24.3 Å². The van der Waals surface area contributed by atoms with E-state index in [1.54, 1.807) is 6.07 Å². The van der Waals surface area contributed by atoms with Gasteiger partial charge in [0.15, 0.2) is 12.2 Å². The zero-order valence-electron chi connectivity index (χ0n) is 13.1. The molecule has 2 atom stereocenters. The van der Waals surface area contributed by atoms with Gasteiger partial charge in [0, 0.05) is 0 Å². The number of carbonyl (C=O) groups excluding carboxylic acids is 1. The highest BCUT2D eigenvalue weighted by Crippen LogP contribution is 2.28. The molecule has 6 heteroatoms. The van der Waals surface area contributed by atoms with Crippen molar-refractivity contribution in [3.63, 3.8) is 0 Å². The van der Waals surface area contributed by atoms with Crippen molar-refractivity contribution in [1.29, 1.82) is 0 Å². The second-order valence-corrected chi connectivity index (χ2v) is 5.49. The Labute approximate surface area is 130 Å². The smallest absolute Gasteiger partial charge is 0.337 e. The Morgan fingerprint density at radius 3 is 2.59 bits per heavy atom. The predicted molar refractivity (Wildman–Crippen MR) is 81.9 cm³/mol. The zero-order chi connectivity index (χ0) is 16.8. The first-order chi connectivity index (χ1) is 10.3. The Bertz CT molecular complexity index is 527. The molecule has 0 radical (unpaired) electrons. The van der Waals surface area contributed by atoms with E-state index in [4.69, 9.17) is 9.84 Å². The number of aliphatic hydroxyl groups is 1. The summed E-state index contributed by atoms with van der Waals surface area (Å²) in [4.78, 5) is 22.4. The van der Waals surface area contributed by atoms with Crippen LogP contribution in [0.3, 0.4) is 0 Å². The Morgan fingerprint density at radius 2 is 2.00 bits per heavy atom. The van der Waals surface area contributed by atoms with Crippen molar-refractivity contribution in [2.45, 2.75) is 38.7 Å². The molecule has 0 saturated carbocycles. The summed E-state index contributed by atoms with van der Waals surface area (Å²) >= 11 is 0. The van der Waals surface area contributed by atoms with E-state index in [1.165, 1.54) is 0 Å². The van der Waals surface area contributed by atoms with Gasteiger partial charge in [0.1, 0.15) is 5.75 Å². The summed E-state index contributed by atoms with van der Waals surface area (Å²) in [6.45, 7) is 4.66. The molecule has 1 aromatic rings. The van der Waals surface area contributed by atoms with Crippen molar-refractivity contribution in [2.24, 2.45) is 0 Å². The molecule has 0 aliphatic carbocycles. The first-order valence-electron chi connectivity index (χ1n) is 7.22. The van der Waals surface area contributed by atoms with E-state index in [2.05, 4.69) is 19.2 Å². The number of carboxylic acid groups (broad SMARTS) is 1. The molecule has 1 aromatic carbocycles. The molecule has 122 valence electrons. The van der Waals surface area contributed by atoms with Crippen molar-refractivity contribution < 1.29 is 24.5 Å². The summed E-state index contributed by atoms with van der Waals surface area (Å²) < 4.78 is 5.51. The van der Waals surface area contributed by atoms with Crippen LogP contribution in [0.2, 0.25) is 0 Å². The Hall–Kier alpha value is -2.08. The van der Waals surface area contributed by atoms with E-state index in [0.717, 1.165) is 18.9 Å². The molecular weight excluding hydrogens is 286 g/mol. The molecule has 0 saturated heterocycles. The number of aliphatic carboxylic acids is 1. The molecule has 0 aromatic heterocycles. The lowest BCUT2D eigenvalue weighted by Gasteiger charge is -2.19. The summed E-state index contributed by atoms with van der Waals surface area (Å²) in [5.41, 5.74) is -0.972. The third kappa shape index (κ3) is 5.04. The number of carboxylic acids is 1. The van der Waals surface area contributed by atoms with Crippen molar-refractivity contribution in [1.82, 2.24) is 5.32 Å².